The summed E-state index contributed by atoms with van der Waals surface area (Å²) in [5.74, 6) is -0.763. The Hall–Kier alpha value is -3.80. The van der Waals surface area contributed by atoms with Crippen LogP contribution in [0, 0.1) is 0 Å². The molecule has 6 nitrogen and oxygen atoms in total. The fourth-order valence-corrected chi connectivity index (χ4v) is 3.35. The van der Waals surface area contributed by atoms with Gasteiger partial charge in [-0.15, -0.1) is 0 Å². The Kier molecular flexibility index (Phi) is 2.85. The van der Waals surface area contributed by atoms with E-state index in [1.54, 1.807) is 36.4 Å². The Balaban J connectivity index is 1.87. The number of carbonyl (C=O) groups is 3. The second kappa shape index (κ2) is 5.10. The number of furan rings is 1. The van der Waals surface area contributed by atoms with Crippen LogP contribution >= 0.6 is 0 Å². The first kappa shape index (κ1) is 14.5. The Labute approximate surface area is 146 Å². The van der Waals surface area contributed by atoms with E-state index in [0.29, 0.717) is 23.1 Å². The SMILES string of the molecule is O=Cc1nn(-c2ccccc2)c2oc3c(c12)C(=O)c1ccccc1C3=O. The van der Waals surface area contributed by atoms with E-state index in [9.17, 15) is 14.4 Å². The maximum absolute atomic E-state index is 13.0. The summed E-state index contributed by atoms with van der Waals surface area (Å²) in [6.45, 7) is 0. The van der Waals surface area contributed by atoms with Gasteiger partial charge in [-0.2, -0.15) is 9.78 Å². The molecule has 0 aliphatic heterocycles. The Bertz CT molecular complexity index is 1230. The zero-order valence-corrected chi connectivity index (χ0v) is 13.3. The average Bonchev–Trinajstić information content (AvgIpc) is 3.24. The van der Waals surface area contributed by atoms with Crippen molar-refractivity contribution in [2.75, 3.05) is 0 Å². The standard InChI is InChI=1S/C20H10N2O4/c23-10-14-15-16-17(24)12-8-4-5-9-13(12)18(25)19(16)26-20(15)22(21-14)11-6-2-1-3-7-11/h1-10H. The molecular formula is C20H10N2O4. The summed E-state index contributed by atoms with van der Waals surface area (Å²) in [4.78, 5) is 37.4. The van der Waals surface area contributed by atoms with Gasteiger partial charge in [-0.25, -0.2) is 0 Å². The first-order chi connectivity index (χ1) is 12.7. The molecule has 0 radical (unpaired) electrons. The third kappa shape index (κ3) is 1.75. The van der Waals surface area contributed by atoms with Crippen molar-refractivity contribution in [2.24, 2.45) is 0 Å². The van der Waals surface area contributed by atoms with Crippen LogP contribution in [0.1, 0.15) is 42.5 Å². The minimum Gasteiger partial charge on any atom is -0.433 e. The maximum atomic E-state index is 13.0. The number of para-hydroxylation sites is 1. The number of rotatable bonds is 2. The molecule has 0 fully saturated rings. The molecular weight excluding hydrogens is 332 g/mol. The van der Waals surface area contributed by atoms with Gasteiger partial charge in [-0.05, 0) is 12.1 Å². The number of benzene rings is 2. The van der Waals surface area contributed by atoms with Crippen molar-refractivity contribution in [3.63, 3.8) is 0 Å². The molecule has 0 atom stereocenters. The van der Waals surface area contributed by atoms with Crippen molar-refractivity contribution >= 4 is 29.0 Å². The van der Waals surface area contributed by atoms with Crippen molar-refractivity contribution in [1.29, 1.82) is 0 Å². The molecule has 124 valence electrons. The number of nitrogens with zero attached hydrogens (tertiary/aromatic N) is 2. The molecule has 0 unspecified atom stereocenters. The van der Waals surface area contributed by atoms with Crippen molar-refractivity contribution in [2.45, 2.75) is 0 Å². The van der Waals surface area contributed by atoms with E-state index in [0.717, 1.165) is 0 Å². The fourth-order valence-electron chi connectivity index (χ4n) is 3.35. The molecule has 0 saturated carbocycles. The molecule has 26 heavy (non-hydrogen) atoms. The highest BCUT2D eigenvalue weighted by atomic mass is 16.4. The average molecular weight is 342 g/mol. The maximum Gasteiger partial charge on any atom is 0.231 e. The molecule has 6 heteroatoms. The molecule has 5 rings (SSSR count). The van der Waals surface area contributed by atoms with Crippen molar-refractivity contribution in [3.05, 3.63) is 82.7 Å². The first-order valence-electron chi connectivity index (χ1n) is 7.95. The lowest BCUT2D eigenvalue weighted by Gasteiger charge is -2.12. The van der Waals surface area contributed by atoms with Gasteiger partial charge < -0.3 is 4.42 Å². The van der Waals surface area contributed by atoms with E-state index in [1.807, 2.05) is 18.2 Å². The van der Waals surface area contributed by atoms with Crippen molar-refractivity contribution in [3.8, 4) is 5.69 Å². The van der Waals surface area contributed by atoms with Gasteiger partial charge in [-0.1, -0.05) is 42.5 Å². The summed E-state index contributed by atoms with van der Waals surface area (Å²) in [5, 5.41) is 4.52. The van der Waals surface area contributed by atoms with Crippen LogP contribution in [0.2, 0.25) is 0 Å². The third-order valence-corrected chi connectivity index (χ3v) is 4.51. The summed E-state index contributed by atoms with van der Waals surface area (Å²) < 4.78 is 7.20. The van der Waals surface area contributed by atoms with Crippen LogP contribution in [0.4, 0.5) is 0 Å². The number of aldehydes is 1. The van der Waals surface area contributed by atoms with Crippen LogP contribution in [0.25, 0.3) is 16.8 Å². The van der Waals surface area contributed by atoms with Gasteiger partial charge in [0.25, 0.3) is 0 Å². The lowest BCUT2D eigenvalue weighted by Crippen LogP contribution is -2.19. The summed E-state index contributed by atoms with van der Waals surface area (Å²) in [7, 11) is 0. The molecule has 0 saturated heterocycles. The molecule has 1 aliphatic carbocycles. The van der Waals surface area contributed by atoms with Crippen LogP contribution in [0.15, 0.2) is 59.0 Å². The molecule has 4 aromatic rings. The number of fused-ring (bicyclic) bond motifs is 4. The smallest absolute Gasteiger partial charge is 0.231 e. The van der Waals surface area contributed by atoms with E-state index in [2.05, 4.69) is 5.10 Å². The third-order valence-electron chi connectivity index (χ3n) is 4.51. The Morgan fingerprint density at radius 1 is 0.885 bits per heavy atom. The second-order valence-electron chi connectivity index (χ2n) is 5.94. The highest BCUT2D eigenvalue weighted by Crippen LogP contribution is 2.37. The van der Waals surface area contributed by atoms with Crippen LogP contribution < -0.4 is 0 Å². The van der Waals surface area contributed by atoms with Crippen molar-refractivity contribution < 1.29 is 18.8 Å². The Morgan fingerprint density at radius 3 is 2.23 bits per heavy atom. The molecule has 0 N–H and O–H groups in total. The Morgan fingerprint density at radius 2 is 1.54 bits per heavy atom. The largest absolute Gasteiger partial charge is 0.433 e. The highest BCUT2D eigenvalue weighted by Gasteiger charge is 2.37. The van der Waals surface area contributed by atoms with E-state index < -0.39 is 0 Å². The van der Waals surface area contributed by atoms with Crippen molar-refractivity contribution in [1.82, 2.24) is 9.78 Å². The quantitative estimate of drug-likeness (QED) is 0.460. The second-order valence-corrected chi connectivity index (χ2v) is 5.94. The molecule has 2 aromatic heterocycles. The first-order valence-corrected chi connectivity index (χ1v) is 7.95. The molecule has 2 heterocycles. The van der Waals surface area contributed by atoms with E-state index in [4.69, 9.17) is 4.42 Å². The van der Waals surface area contributed by atoms with Gasteiger partial charge in [0.1, 0.15) is 5.69 Å². The predicted molar refractivity (Wildman–Crippen MR) is 92.0 cm³/mol. The number of carbonyl (C=O) groups excluding carboxylic acids is 3. The van der Waals surface area contributed by atoms with E-state index in [-0.39, 0.29) is 39.7 Å². The summed E-state index contributed by atoms with van der Waals surface area (Å²) >= 11 is 0. The van der Waals surface area contributed by atoms with Gasteiger partial charge in [0, 0.05) is 11.1 Å². The minimum absolute atomic E-state index is 0.0473. The predicted octanol–water partition coefficient (Wildman–Crippen LogP) is 3.21. The molecule has 0 bridgehead atoms. The number of aromatic nitrogens is 2. The molecule has 2 aromatic carbocycles. The topological polar surface area (TPSA) is 82.2 Å². The molecule has 0 spiro atoms. The zero-order chi connectivity index (χ0) is 17.8. The van der Waals surface area contributed by atoms with Gasteiger partial charge in [0.15, 0.2) is 17.8 Å². The summed E-state index contributed by atoms with van der Waals surface area (Å²) in [6, 6.07) is 15.6. The van der Waals surface area contributed by atoms with Crippen LogP contribution in [0.5, 0.6) is 0 Å². The number of hydrogen-bond donors (Lipinski definition) is 0. The van der Waals surface area contributed by atoms with Gasteiger partial charge in [-0.3, -0.25) is 14.4 Å². The lowest BCUT2D eigenvalue weighted by atomic mass is 9.87. The lowest BCUT2D eigenvalue weighted by molar-refractivity contribution is 0.0961. The van der Waals surface area contributed by atoms with Crippen LogP contribution in [-0.4, -0.2) is 27.6 Å². The fraction of sp³-hybridized carbons (Fsp3) is 0. The van der Waals surface area contributed by atoms with Gasteiger partial charge in [0.05, 0.1) is 16.6 Å². The summed E-state index contributed by atoms with van der Waals surface area (Å²) in [6.07, 6.45) is 0.565. The van der Waals surface area contributed by atoms with E-state index >= 15 is 0 Å². The van der Waals surface area contributed by atoms with Gasteiger partial charge in [0.2, 0.25) is 11.5 Å². The monoisotopic (exact) mass is 342 g/mol. The highest BCUT2D eigenvalue weighted by molar-refractivity contribution is 6.32. The zero-order valence-electron chi connectivity index (χ0n) is 13.3. The molecule has 1 aliphatic rings. The van der Waals surface area contributed by atoms with E-state index in [1.165, 1.54) is 4.68 Å². The summed E-state index contributed by atoms with van der Waals surface area (Å²) in [5.41, 5.74) is 1.64. The minimum atomic E-state index is -0.372. The van der Waals surface area contributed by atoms with Crippen LogP contribution in [-0.2, 0) is 0 Å². The van der Waals surface area contributed by atoms with Crippen LogP contribution in [0.3, 0.4) is 0 Å². The normalized spacial score (nSPS) is 12.9. The number of hydrogen-bond acceptors (Lipinski definition) is 5. The van der Waals surface area contributed by atoms with Gasteiger partial charge >= 0.3 is 0 Å². The molecule has 0 amide bonds. The number of ketones is 2.